The molecule has 11 nitrogen and oxygen atoms in total. The van der Waals surface area contributed by atoms with Gasteiger partial charge in [-0.1, -0.05) is 0 Å². The van der Waals surface area contributed by atoms with Crippen LogP contribution in [0.15, 0.2) is 48.8 Å². The quantitative estimate of drug-likeness (QED) is 0.244. The van der Waals surface area contributed by atoms with Gasteiger partial charge < -0.3 is 35.4 Å². The summed E-state index contributed by atoms with van der Waals surface area (Å²) in [5.74, 6) is -2.84. The molecule has 224 valence electrons. The van der Waals surface area contributed by atoms with Gasteiger partial charge in [0.2, 0.25) is 11.5 Å². The third-order valence-corrected chi connectivity index (χ3v) is 7.38. The van der Waals surface area contributed by atoms with Gasteiger partial charge in [0.25, 0.3) is 5.91 Å². The Morgan fingerprint density at radius 1 is 1.14 bits per heavy atom. The molecule has 0 radical (unpaired) electrons. The van der Waals surface area contributed by atoms with E-state index in [0.717, 1.165) is 18.2 Å². The Balaban J connectivity index is 1.46. The number of nitrogens with zero attached hydrogens (tertiary/aromatic N) is 2. The normalized spacial score (nSPS) is 19.9. The number of aromatic nitrogens is 3. The number of carbonyl (C=O) groups excluding carboxylic acids is 2. The summed E-state index contributed by atoms with van der Waals surface area (Å²) < 4.78 is 85.7. The van der Waals surface area contributed by atoms with Gasteiger partial charge in [0.05, 0.1) is 28.8 Å². The Hall–Kier alpha value is -4.99. The number of halogens is 5. The zero-order chi connectivity index (χ0) is 30.9. The van der Waals surface area contributed by atoms with Crippen molar-refractivity contribution in [2.24, 2.45) is 5.73 Å². The largest absolute Gasteiger partial charge is 0.586 e. The Morgan fingerprint density at radius 3 is 2.60 bits per heavy atom. The van der Waals surface area contributed by atoms with Gasteiger partial charge in [-0.2, -0.15) is 13.2 Å². The van der Waals surface area contributed by atoms with Gasteiger partial charge in [0.15, 0.2) is 11.5 Å². The van der Waals surface area contributed by atoms with Gasteiger partial charge in [-0.15, -0.1) is 8.78 Å². The lowest BCUT2D eigenvalue weighted by molar-refractivity contribution is -0.286. The number of ether oxygens (including phenoxy) is 3. The fourth-order valence-corrected chi connectivity index (χ4v) is 4.88. The van der Waals surface area contributed by atoms with Crippen LogP contribution in [-0.2, 0) is 15.8 Å². The highest BCUT2D eigenvalue weighted by molar-refractivity contribution is 6.04. The summed E-state index contributed by atoms with van der Waals surface area (Å²) in [6.07, 6.45) is -6.61. The fraction of sp³-hybridized carbons (Fsp3) is 0.259. The number of alkyl halides is 5. The average Bonchev–Trinajstić information content (AvgIpc) is 3.64. The molecule has 2 aliphatic rings. The summed E-state index contributed by atoms with van der Waals surface area (Å²) >= 11 is 0. The molecule has 0 spiro atoms. The monoisotopic (exact) mass is 605 g/mol. The second-order valence-electron chi connectivity index (χ2n) is 10.2. The number of nitrogens with two attached hydrogens (primary N) is 1. The summed E-state index contributed by atoms with van der Waals surface area (Å²) in [4.78, 5) is 36.3. The third-order valence-electron chi connectivity index (χ3n) is 7.38. The zero-order valence-electron chi connectivity index (χ0n) is 21.9. The lowest BCUT2D eigenvalue weighted by Gasteiger charge is -2.31. The van der Waals surface area contributed by atoms with Gasteiger partial charge in [-0.3, -0.25) is 14.6 Å². The van der Waals surface area contributed by atoms with Crippen molar-refractivity contribution >= 4 is 22.8 Å². The highest BCUT2D eigenvalue weighted by Gasteiger charge is 2.58. The Labute approximate surface area is 237 Å². The number of carbonyl (C=O) groups is 2. The summed E-state index contributed by atoms with van der Waals surface area (Å²) in [6.45, 7) is -0.450. The van der Waals surface area contributed by atoms with Crippen molar-refractivity contribution in [3.63, 3.8) is 0 Å². The van der Waals surface area contributed by atoms with Crippen molar-refractivity contribution in [1.29, 1.82) is 0 Å². The number of H-pyrrole nitrogens is 1. The number of aromatic amines is 1. The first-order chi connectivity index (χ1) is 20.1. The lowest BCUT2D eigenvalue weighted by Crippen LogP contribution is -2.51. The molecule has 5 heterocycles. The predicted octanol–water partition coefficient (Wildman–Crippen LogP) is 3.26. The molecule has 43 heavy (non-hydrogen) atoms. The number of hydrogen-bond acceptors (Lipinski definition) is 8. The average molecular weight is 605 g/mol. The van der Waals surface area contributed by atoms with E-state index in [0.29, 0.717) is 5.52 Å². The minimum absolute atomic E-state index is 0.0333. The predicted molar refractivity (Wildman–Crippen MR) is 136 cm³/mol. The van der Waals surface area contributed by atoms with E-state index in [1.54, 1.807) is 6.07 Å². The molecular formula is C27H20F5N5O6. The van der Waals surface area contributed by atoms with E-state index in [1.807, 2.05) is 0 Å². The molecule has 2 aliphatic heterocycles. The van der Waals surface area contributed by atoms with E-state index in [9.17, 15) is 36.6 Å². The number of rotatable bonds is 6. The Morgan fingerprint density at radius 2 is 1.88 bits per heavy atom. The van der Waals surface area contributed by atoms with Crippen molar-refractivity contribution in [1.82, 2.24) is 20.3 Å². The van der Waals surface area contributed by atoms with E-state index >= 15 is 0 Å². The van der Waals surface area contributed by atoms with Crippen LogP contribution in [0.4, 0.5) is 22.0 Å². The molecule has 0 saturated carbocycles. The van der Waals surface area contributed by atoms with Gasteiger partial charge in [-0.25, -0.2) is 4.98 Å². The Bertz CT molecular complexity index is 1810. The minimum atomic E-state index is -5.42. The smallest absolute Gasteiger partial charge is 0.489 e. The number of fused-ring (bicyclic) bond motifs is 3. The number of primary amides is 1. The number of benzene rings is 1. The van der Waals surface area contributed by atoms with Crippen LogP contribution in [0.5, 0.6) is 17.2 Å². The molecule has 0 bridgehead atoms. The van der Waals surface area contributed by atoms with Crippen LogP contribution in [0.3, 0.4) is 0 Å². The molecule has 3 aromatic heterocycles. The number of aliphatic hydroxyl groups is 1. The molecule has 1 aromatic carbocycles. The highest BCUT2D eigenvalue weighted by atomic mass is 19.4. The molecule has 2 atom stereocenters. The second kappa shape index (κ2) is 9.26. The number of amides is 2. The molecule has 2 amide bonds. The van der Waals surface area contributed by atoms with Crippen LogP contribution in [0, 0.1) is 0 Å². The minimum Gasteiger partial charge on any atom is -0.489 e. The maximum atomic E-state index is 14.6. The van der Waals surface area contributed by atoms with Gasteiger partial charge in [0.1, 0.15) is 23.5 Å². The topological polar surface area (TPSA) is 162 Å². The molecule has 0 saturated heterocycles. The van der Waals surface area contributed by atoms with E-state index in [2.05, 4.69) is 29.7 Å². The number of pyridine rings is 2. The van der Waals surface area contributed by atoms with E-state index in [1.165, 1.54) is 31.5 Å². The summed E-state index contributed by atoms with van der Waals surface area (Å²) in [5, 5.41) is 13.3. The first-order valence-corrected chi connectivity index (χ1v) is 12.5. The number of hydrogen-bond donors (Lipinski definition) is 4. The molecular weight excluding hydrogens is 585 g/mol. The zero-order valence-corrected chi connectivity index (χ0v) is 21.9. The van der Waals surface area contributed by atoms with Crippen LogP contribution < -0.4 is 25.3 Å². The lowest BCUT2D eigenvalue weighted by atomic mass is 9.81. The maximum Gasteiger partial charge on any atom is 0.586 e. The highest BCUT2D eigenvalue weighted by Crippen LogP contribution is 2.49. The molecule has 0 unspecified atom stereocenters. The van der Waals surface area contributed by atoms with Crippen LogP contribution in [0.25, 0.3) is 22.3 Å². The van der Waals surface area contributed by atoms with Gasteiger partial charge in [-0.05, 0) is 43.3 Å². The molecule has 16 heteroatoms. The van der Waals surface area contributed by atoms with Crippen LogP contribution in [0.2, 0.25) is 0 Å². The SMILES string of the molecule is C[C@]1(C(N)=O)COc2c1cc([C@@](O)(CNC(=O)c1ccnc3cc[nH]c13)C(F)(F)F)nc2-c1ccc2c(c1)OC(F)(F)O2. The molecule has 6 rings (SSSR count). The molecule has 0 fully saturated rings. The van der Waals surface area contributed by atoms with Crippen LogP contribution >= 0.6 is 0 Å². The van der Waals surface area contributed by atoms with Crippen molar-refractivity contribution in [3.8, 4) is 28.5 Å². The van der Waals surface area contributed by atoms with Crippen LogP contribution in [-0.4, -0.2) is 57.5 Å². The van der Waals surface area contributed by atoms with Crippen molar-refractivity contribution in [2.75, 3.05) is 13.2 Å². The standard InChI is InChI=1S/C27H20F5N5O6/c1-24(23(33)39)11-41-21-14(24)9-18(37-19(21)12-2-3-16-17(8-12)43-27(31,32)42-16)25(40,26(28,29)30)10-36-22(38)13-4-6-34-15-5-7-35-20(13)15/h2-9,35,40H,10-11H2,1H3,(H2,33,39)(H,36,38)/t24-,25-/m0/s1. The van der Waals surface area contributed by atoms with Gasteiger partial charge >= 0.3 is 12.5 Å². The van der Waals surface area contributed by atoms with Gasteiger partial charge in [0, 0.05) is 23.5 Å². The third kappa shape index (κ3) is 4.45. The van der Waals surface area contributed by atoms with Crippen molar-refractivity contribution in [3.05, 3.63) is 65.6 Å². The van der Waals surface area contributed by atoms with Crippen LogP contribution in [0.1, 0.15) is 28.5 Å². The second-order valence-corrected chi connectivity index (χ2v) is 10.2. The first kappa shape index (κ1) is 28.1. The van der Waals surface area contributed by atoms with E-state index < -0.39 is 53.3 Å². The Kier molecular flexibility index (Phi) is 6.06. The van der Waals surface area contributed by atoms with E-state index in [4.69, 9.17) is 10.5 Å². The number of nitrogens with one attached hydrogen (secondary N) is 2. The maximum absolute atomic E-state index is 14.6. The summed E-state index contributed by atoms with van der Waals surface area (Å²) in [5.41, 5.74) is -0.835. The molecule has 4 aromatic rings. The molecule has 0 aliphatic carbocycles. The van der Waals surface area contributed by atoms with E-state index in [-0.39, 0.29) is 46.0 Å². The van der Waals surface area contributed by atoms with Crippen molar-refractivity contribution in [2.45, 2.75) is 30.4 Å². The first-order valence-electron chi connectivity index (χ1n) is 12.5. The summed E-state index contributed by atoms with van der Waals surface area (Å²) in [7, 11) is 0. The fourth-order valence-electron chi connectivity index (χ4n) is 4.88. The molecule has 5 N–H and O–H groups in total. The van der Waals surface area contributed by atoms with Crippen molar-refractivity contribution < 1.29 is 50.9 Å². The summed E-state index contributed by atoms with van der Waals surface area (Å²) in [6, 6.07) is 6.99.